The van der Waals surface area contributed by atoms with Crippen molar-refractivity contribution in [3.8, 4) is 6.07 Å². The van der Waals surface area contributed by atoms with Crippen molar-refractivity contribution >= 4 is 11.8 Å². The quantitative estimate of drug-likeness (QED) is 0.569. The van der Waals surface area contributed by atoms with Crippen LogP contribution in [0.4, 0.5) is 0 Å². The molecule has 0 bridgehead atoms. The molecule has 4 nitrogen and oxygen atoms in total. The minimum Gasteiger partial charge on any atom is -0.271 e. The normalized spacial score (nSPS) is 31.2. The molecule has 1 heterocycles. The van der Waals surface area contributed by atoms with Crippen molar-refractivity contribution < 1.29 is 9.59 Å². The van der Waals surface area contributed by atoms with Crippen LogP contribution in [-0.2, 0) is 9.59 Å². The summed E-state index contributed by atoms with van der Waals surface area (Å²) < 4.78 is 0. The zero-order chi connectivity index (χ0) is 10.1. The lowest BCUT2D eigenvalue weighted by Crippen LogP contribution is -2.41. The molecule has 1 fully saturated rings. The second-order valence-corrected chi connectivity index (χ2v) is 3.61. The van der Waals surface area contributed by atoms with Gasteiger partial charge in [0, 0.05) is 12.2 Å². The first kappa shape index (κ1) is 8.95. The number of amides is 2. The summed E-state index contributed by atoms with van der Waals surface area (Å²) in [5.41, 5.74) is 0. The number of carbonyl (C=O) groups is 2. The minimum atomic E-state index is -0.276. The fourth-order valence-electron chi connectivity index (χ4n) is 2.14. The highest BCUT2D eigenvalue weighted by Crippen LogP contribution is 2.30. The zero-order valence-corrected chi connectivity index (χ0v) is 7.64. The molecule has 0 radical (unpaired) electrons. The summed E-state index contributed by atoms with van der Waals surface area (Å²) in [5, 5.41) is 8.85. The molecule has 1 aliphatic heterocycles. The molecule has 0 spiro atoms. The van der Waals surface area contributed by atoms with Crippen molar-refractivity contribution in [2.24, 2.45) is 5.92 Å². The number of hydrogen-bond donors (Lipinski definition) is 0. The highest BCUT2D eigenvalue weighted by molar-refractivity contribution is 6.13. The average Bonchev–Trinajstić information content (AvgIpc) is 2.73. The molecule has 0 aromatic carbocycles. The van der Waals surface area contributed by atoms with Gasteiger partial charge in [-0.25, -0.2) is 0 Å². The van der Waals surface area contributed by atoms with E-state index >= 15 is 0 Å². The van der Waals surface area contributed by atoms with Crippen LogP contribution in [0.25, 0.3) is 0 Å². The second-order valence-electron chi connectivity index (χ2n) is 3.61. The van der Waals surface area contributed by atoms with Gasteiger partial charge in [-0.15, -0.1) is 0 Å². The van der Waals surface area contributed by atoms with Gasteiger partial charge < -0.3 is 0 Å². The summed E-state index contributed by atoms with van der Waals surface area (Å²) in [4.78, 5) is 23.9. The average molecular weight is 190 g/mol. The van der Waals surface area contributed by atoms with E-state index in [0.29, 0.717) is 0 Å². The fraction of sp³-hybridized carbons (Fsp3) is 0.500. The Balaban J connectivity index is 2.20. The molecular formula is C10H10N2O2. The van der Waals surface area contributed by atoms with Gasteiger partial charge in [-0.2, -0.15) is 5.26 Å². The van der Waals surface area contributed by atoms with E-state index in [-0.39, 0.29) is 23.8 Å². The largest absolute Gasteiger partial charge is 0.271 e. The molecule has 0 N–H and O–H groups in total. The van der Waals surface area contributed by atoms with Gasteiger partial charge in [0.15, 0.2) is 0 Å². The van der Waals surface area contributed by atoms with Crippen LogP contribution in [0.1, 0.15) is 19.3 Å². The third-order valence-electron chi connectivity index (χ3n) is 2.82. The Bertz CT molecular complexity index is 336. The number of hydrogen-bond acceptors (Lipinski definition) is 3. The molecule has 1 aliphatic carbocycles. The molecule has 0 aromatic heterocycles. The van der Waals surface area contributed by atoms with E-state index in [1.165, 1.54) is 17.1 Å². The highest BCUT2D eigenvalue weighted by Gasteiger charge is 2.38. The van der Waals surface area contributed by atoms with Gasteiger partial charge in [-0.05, 0) is 19.3 Å². The summed E-state index contributed by atoms with van der Waals surface area (Å²) in [6, 6.07) is 1.96. The predicted molar refractivity (Wildman–Crippen MR) is 47.7 cm³/mol. The van der Waals surface area contributed by atoms with E-state index in [1.807, 2.05) is 0 Å². The highest BCUT2D eigenvalue weighted by atomic mass is 16.2. The Kier molecular flexibility index (Phi) is 2.08. The van der Waals surface area contributed by atoms with Crippen molar-refractivity contribution in [3.05, 3.63) is 12.2 Å². The monoisotopic (exact) mass is 190 g/mol. The molecule has 2 aliphatic rings. The van der Waals surface area contributed by atoms with E-state index < -0.39 is 0 Å². The zero-order valence-electron chi connectivity index (χ0n) is 7.64. The van der Waals surface area contributed by atoms with Crippen LogP contribution in [0.5, 0.6) is 0 Å². The summed E-state index contributed by atoms with van der Waals surface area (Å²) in [6.07, 6.45) is 5.01. The Morgan fingerprint density at radius 2 is 1.93 bits per heavy atom. The standard InChI is InChI=1S/C10H10N2O2/c11-6-7-2-1-3-8(7)12-9(13)4-5-10(12)14/h4-5,7-8H,1-3H2. The lowest BCUT2D eigenvalue weighted by molar-refractivity contribution is -0.139. The van der Waals surface area contributed by atoms with E-state index in [9.17, 15) is 9.59 Å². The maximum atomic E-state index is 11.3. The molecule has 2 atom stereocenters. The molecular weight excluding hydrogens is 180 g/mol. The molecule has 2 amide bonds. The van der Waals surface area contributed by atoms with Crippen molar-refractivity contribution in [2.75, 3.05) is 0 Å². The van der Waals surface area contributed by atoms with E-state index in [0.717, 1.165) is 19.3 Å². The minimum absolute atomic E-state index is 0.178. The van der Waals surface area contributed by atoms with Crippen LogP contribution in [-0.4, -0.2) is 22.8 Å². The van der Waals surface area contributed by atoms with Crippen LogP contribution in [0.15, 0.2) is 12.2 Å². The lowest BCUT2D eigenvalue weighted by atomic mass is 10.0. The summed E-state index contributed by atoms with van der Waals surface area (Å²) >= 11 is 0. The van der Waals surface area contributed by atoms with Gasteiger partial charge in [0.05, 0.1) is 18.0 Å². The lowest BCUT2D eigenvalue weighted by Gasteiger charge is -2.23. The summed E-state index contributed by atoms with van der Waals surface area (Å²) in [6.45, 7) is 0. The van der Waals surface area contributed by atoms with Crippen LogP contribution >= 0.6 is 0 Å². The Hall–Kier alpha value is -1.63. The number of carbonyl (C=O) groups excluding carboxylic acids is 2. The summed E-state index contributed by atoms with van der Waals surface area (Å²) in [5.74, 6) is -0.730. The van der Waals surface area contributed by atoms with Crippen LogP contribution < -0.4 is 0 Å². The first-order chi connectivity index (χ1) is 6.74. The van der Waals surface area contributed by atoms with Crippen molar-refractivity contribution in [3.63, 3.8) is 0 Å². The Morgan fingerprint density at radius 1 is 1.29 bits per heavy atom. The topological polar surface area (TPSA) is 61.2 Å². The summed E-state index contributed by atoms with van der Waals surface area (Å²) in [7, 11) is 0. The number of nitriles is 1. The van der Waals surface area contributed by atoms with E-state index in [4.69, 9.17) is 5.26 Å². The first-order valence-electron chi connectivity index (χ1n) is 4.69. The SMILES string of the molecule is N#CC1CCCC1N1C(=O)C=CC1=O. The molecule has 72 valence electrons. The predicted octanol–water partition coefficient (Wildman–Crippen LogP) is 0.604. The first-order valence-corrected chi connectivity index (χ1v) is 4.69. The fourth-order valence-corrected chi connectivity index (χ4v) is 2.14. The second kappa shape index (κ2) is 3.26. The third kappa shape index (κ3) is 1.22. The molecule has 2 unspecified atom stereocenters. The number of imide groups is 1. The molecule has 1 saturated carbocycles. The Morgan fingerprint density at radius 3 is 2.50 bits per heavy atom. The van der Waals surface area contributed by atoms with Gasteiger partial charge in [-0.3, -0.25) is 14.5 Å². The van der Waals surface area contributed by atoms with Crippen molar-refractivity contribution in [2.45, 2.75) is 25.3 Å². The third-order valence-corrected chi connectivity index (χ3v) is 2.82. The molecule has 4 heteroatoms. The number of nitrogens with zero attached hydrogens (tertiary/aromatic N) is 2. The van der Waals surface area contributed by atoms with Crippen LogP contribution in [0, 0.1) is 17.2 Å². The molecule has 2 rings (SSSR count). The number of rotatable bonds is 1. The van der Waals surface area contributed by atoms with Crippen LogP contribution in [0.2, 0.25) is 0 Å². The Labute approximate surface area is 81.8 Å². The maximum absolute atomic E-state index is 11.3. The maximum Gasteiger partial charge on any atom is 0.253 e. The van der Waals surface area contributed by atoms with Crippen molar-refractivity contribution in [1.82, 2.24) is 4.90 Å². The smallest absolute Gasteiger partial charge is 0.253 e. The molecule has 14 heavy (non-hydrogen) atoms. The van der Waals surface area contributed by atoms with E-state index in [2.05, 4.69) is 6.07 Å². The van der Waals surface area contributed by atoms with E-state index in [1.54, 1.807) is 0 Å². The van der Waals surface area contributed by atoms with Gasteiger partial charge >= 0.3 is 0 Å². The molecule has 0 saturated heterocycles. The molecule has 0 aromatic rings. The van der Waals surface area contributed by atoms with Gasteiger partial charge in [0.1, 0.15) is 0 Å². The van der Waals surface area contributed by atoms with Gasteiger partial charge in [0.25, 0.3) is 11.8 Å². The van der Waals surface area contributed by atoms with Gasteiger partial charge in [0.2, 0.25) is 0 Å². The van der Waals surface area contributed by atoms with Crippen molar-refractivity contribution in [1.29, 1.82) is 5.26 Å². The van der Waals surface area contributed by atoms with Gasteiger partial charge in [-0.1, -0.05) is 0 Å². The van der Waals surface area contributed by atoms with Crippen LogP contribution in [0.3, 0.4) is 0 Å².